The zero-order valence-corrected chi connectivity index (χ0v) is 12.4. The summed E-state index contributed by atoms with van der Waals surface area (Å²) in [7, 11) is 0. The van der Waals surface area contributed by atoms with Gasteiger partial charge in [0.1, 0.15) is 0 Å². The molecule has 0 aliphatic carbocycles. The normalized spacial score (nSPS) is 28.5. The van der Waals surface area contributed by atoms with Gasteiger partial charge in [-0.3, -0.25) is 0 Å². The Hall–Kier alpha value is -0.440. The van der Waals surface area contributed by atoms with E-state index in [4.69, 9.17) is 0 Å². The Morgan fingerprint density at radius 1 is 1.35 bits per heavy atom. The first-order chi connectivity index (χ1) is 7.63. The van der Waals surface area contributed by atoms with Crippen molar-refractivity contribution >= 4 is 17.7 Å². The second-order valence-electron chi connectivity index (χ2n) is 6.53. The maximum atomic E-state index is 11.3. The van der Waals surface area contributed by atoms with E-state index < -0.39 is 5.97 Å². The molecule has 0 bridgehead atoms. The van der Waals surface area contributed by atoms with E-state index >= 15 is 0 Å². The van der Waals surface area contributed by atoms with Gasteiger partial charge in [0, 0.05) is 10.3 Å². The SMILES string of the molecule is CC1CC(C)(C)CCC(C)(C)SC=C1C(=O)O. The second kappa shape index (κ2) is 5.05. The Labute approximate surface area is 109 Å². The highest BCUT2D eigenvalue weighted by molar-refractivity contribution is 8.03. The molecule has 3 heteroatoms. The molecule has 0 saturated heterocycles. The van der Waals surface area contributed by atoms with Crippen LogP contribution in [0, 0.1) is 11.3 Å². The molecule has 0 amide bonds. The van der Waals surface area contributed by atoms with Crippen LogP contribution in [0.4, 0.5) is 0 Å². The summed E-state index contributed by atoms with van der Waals surface area (Å²) >= 11 is 1.67. The lowest BCUT2D eigenvalue weighted by molar-refractivity contribution is -0.133. The van der Waals surface area contributed by atoms with Crippen LogP contribution in [-0.4, -0.2) is 15.8 Å². The monoisotopic (exact) mass is 256 g/mol. The van der Waals surface area contributed by atoms with E-state index in [2.05, 4.69) is 27.7 Å². The van der Waals surface area contributed by atoms with Crippen molar-refractivity contribution < 1.29 is 9.90 Å². The number of thioether (sulfide) groups is 1. The van der Waals surface area contributed by atoms with Crippen molar-refractivity contribution in [1.29, 1.82) is 0 Å². The minimum absolute atomic E-state index is 0.127. The minimum atomic E-state index is -0.765. The average molecular weight is 256 g/mol. The van der Waals surface area contributed by atoms with E-state index in [0.717, 1.165) is 19.3 Å². The lowest BCUT2D eigenvalue weighted by atomic mass is 9.76. The Bertz CT molecular complexity index is 329. The van der Waals surface area contributed by atoms with Gasteiger partial charge < -0.3 is 5.11 Å². The van der Waals surface area contributed by atoms with E-state index in [-0.39, 0.29) is 16.1 Å². The van der Waals surface area contributed by atoms with Gasteiger partial charge in [-0.1, -0.05) is 34.6 Å². The molecule has 1 unspecified atom stereocenters. The number of carboxylic acids is 1. The van der Waals surface area contributed by atoms with E-state index in [9.17, 15) is 9.90 Å². The van der Waals surface area contributed by atoms with Gasteiger partial charge in [0.25, 0.3) is 0 Å². The molecule has 1 heterocycles. The highest BCUT2D eigenvalue weighted by Gasteiger charge is 2.31. The number of carbonyl (C=O) groups is 1. The summed E-state index contributed by atoms with van der Waals surface area (Å²) in [6, 6.07) is 0. The third-order valence-corrected chi connectivity index (χ3v) is 4.76. The van der Waals surface area contributed by atoms with Crippen molar-refractivity contribution in [3.05, 3.63) is 11.0 Å². The van der Waals surface area contributed by atoms with Crippen LogP contribution in [0.25, 0.3) is 0 Å². The van der Waals surface area contributed by atoms with Gasteiger partial charge >= 0.3 is 5.97 Å². The number of rotatable bonds is 1. The van der Waals surface area contributed by atoms with Crippen LogP contribution in [-0.2, 0) is 4.79 Å². The molecule has 17 heavy (non-hydrogen) atoms. The molecule has 0 radical (unpaired) electrons. The van der Waals surface area contributed by atoms with Gasteiger partial charge in [0.2, 0.25) is 0 Å². The molecule has 0 aromatic heterocycles. The van der Waals surface area contributed by atoms with Gasteiger partial charge in [-0.15, -0.1) is 11.8 Å². The lowest BCUT2D eigenvalue weighted by Gasteiger charge is -2.30. The summed E-state index contributed by atoms with van der Waals surface area (Å²) in [5.41, 5.74) is 0.786. The van der Waals surface area contributed by atoms with Crippen molar-refractivity contribution in [2.24, 2.45) is 11.3 Å². The van der Waals surface area contributed by atoms with Gasteiger partial charge in [-0.25, -0.2) is 4.79 Å². The molecule has 2 nitrogen and oxygen atoms in total. The highest BCUT2D eigenvalue weighted by atomic mass is 32.2. The zero-order chi connectivity index (χ0) is 13.3. The molecule has 1 aliphatic heterocycles. The molecule has 1 rings (SSSR count). The number of carboxylic acid groups (broad SMARTS) is 1. The predicted molar refractivity (Wildman–Crippen MR) is 74.2 cm³/mol. The van der Waals surface area contributed by atoms with E-state index in [1.807, 2.05) is 12.3 Å². The fourth-order valence-electron chi connectivity index (χ4n) is 2.34. The van der Waals surface area contributed by atoms with Gasteiger partial charge in [0.05, 0.1) is 0 Å². The predicted octanol–water partition coefficient (Wildman–Crippen LogP) is 4.31. The molecule has 0 fully saturated rings. The van der Waals surface area contributed by atoms with Crippen LogP contribution in [0.3, 0.4) is 0 Å². The van der Waals surface area contributed by atoms with Crippen LogP contribution < -0.4 is 0 Å². The quantitative estimate of drug-likeness (QED) is 0.759. The molecule has 0 aromatic rings. The molecule has 1 atom stereocenters. The van der Waals surface area contributed by atoms with Crippen LogP contribution in [0.5, 0.6) is 0 Å². The number of hydrogen-bond acceptors (Lipinski definition) is 2. The number of hydrogen-bond donors (Lipinski definition) is 1. The van der Waals surface area contributed by atoms with Gasteiger partial charge in [-0.05, 0) is 36.0 Å². The standard InChI is InChI=1S/C14H24O2S/c1-10-8-13(2,3)6-7-14(4,5)17-9-11(10)12(15)16/h9-10H,6-8H2,1-5H3,(H,15,16). The number of aliphatic carboxylic acids is 1. The van der Waals surface area contributed by atoms with Crippen molar-refractivity contribution in [2.75, 3.05) is 0 Å². The fourth-order valence-corrected chi connectivity index (χ4v) is 3.34. The van der Waals surface area contributed by atoms with E-state index in [0.29, 0.717) is 5.57 Å². The van der Waals surface area contributed by atoms with Crippen molar-refractivity contribution in [3.8, 4) is 0 Å². The molecule has 1 N–H and O–H groups in total. The molecule has 0 aromatic carbocycles. The maximum absolute atomic E-state index is 11.3. The minimum Gasteiger partial charge on any atom is -0.478 e. The Kier molecular flexibility index (Phi) is 4.34. The largest absolute Gasteiger partial charge is 0.478 e. The summed E-state index contributed by atoms with van der Waals surface area (Å²) in [5.74, 6) is -0.637. The van der Waals surface area contributed by atoms with Crippen LogP contribution in [0.2, 0.25) is 0 Å². The van der Waals surface area contributed by atoms with E-state index in [1.54, 1.807) is 11.8 Å². The molecule has 1 aliphatic rings. The summed E-state index contributed by atoms with van der Waals surface area (Å²) in [5, 5.41) is 11.1. The molecule has 98 valence electrons. The molecule has 0 saturated carbocycles. The third kappa shape index (κ3) is 4.38. The van der Waals surface area contributed by atoms with Crippen molar-refractivity contribution in [2.45, 2.75) is 58.6 Å². The molecular formula is C14H24O2S. The van der Waals surface area contributed by atoms with Crippen molar-refractivity contribution in [1.82, 2.24) is 0 Å². The lowest BCUT2D eigenvalue weighted by Crippen LogP contribution is -2.21. The van der Waals surface area contributed by atoms with Crippen molar-refractivity contribution in [3.63, 3.8) is 0 Å². The highest BCUT2D eigenvalue weighted by Crippen LogP contribution is 2.42. The summed E-state index contributed by atoms with van der Waals surface area (Å²) < 4.78 is 0.127. The fraction of sp³-hybridized carbons (Fsp3) is 0.786. The Morgan fingerprint density at radius 2 is 1.94 bits per heavy atom. The van der Waals surface area contributed by atoms with Gasteiger partial charge in [-0.2, -0.15) is 0 Å². The average Bonchev–Trinajstić information content (AvgIpc) is 2.16. The summed E-state index contributed by atoms with van der Waals surface area (Å²) in [6.45, 7) is 10.9. The van der Waals surface area contributed by atoms with Gasteiger partial charge in [0.15, 0.2) is 0 Å². The van der Waals surface area contributed by atoms with E-state index in [1.165, 1.54) is 0 Å². The third-order valence-electron chi connectivity index (χ3n) is 3.55. The Balaban J connectivity index is 3.02. The Morgan fingerprint density at radius 3 is 2.47 bits per heavy atom. The molecule has 0 spiro atoms. The first-order valence-electron chi connectivity index (χ1n) is 6.24. The summed E-state index contributed by atoms with van der Waals surface area (Å²) in [6.07, 6.45) is 3.22. The summed E-state index contributed by atoms with van der Waals surface area (Å²) in [4.78, 5) is 11.3. The second-order valence-corrected chi connectivity index (χ2v) is 8.10. The first-order valence-corrected chi connectivity index (χ1v) is 7.12. The maximum Gasteiger partial charge on any atom is 0.332 e. The smallest absolute Gasteiger partial charge is 0.332 e. The van der Waals surface area contributed by atoms with Crippen LogP contribution in [0.15, 0.2) is 11.0 Å². The first kappa shape index (κ1) is 14.6. The van der Waals surface area contributed by atoms with Crippen LogP contribution >= 0.6 is 11.8 Å². The van der Waals surface area contributed by atoms with Crippen LogP contribution in [0.1, 0.15) is 53.9 Å². The molecular weight excluding hydrogens is 232 g/mol. The topological polar surface area (TPSA) is 37.3 Å². The zero-order valence-electron chi connectivity index (χ0n) is 11.5.